The second-order valence-corrected chi connectivity index (χ2v) is 11.5. The summed E-state index contributed by atoms with van der Waals surface area (Å²) in [5.74, 6) is 0.284. The molecular formula is C25H32Br2N2O2. The van der Waals surface area contributed by atoms with Gasteiger partial charge in [0.15, 0.2) is 6.61 Å². The summed E-state index contributed by atoms with van der Waals surface area (Å²) >= 11 is 7.21. The molecule has 6 heteroatoms. The van der Waals surface area contributed by atoms with Gasteiger partial charge in [0.2, 0.25) is 0 Å². The first-order valence-electron chi connectivity index (χ1n) is 10.3. The minimum absolute atomic E-state index is 0.00140. The molecule has 0 heterocycles. The zero-order valence-corrected chi connectivity index (χ0v) is 22.6. The van der Waals surface area contributed by atoms with Gasteiger partial charge in [-0.1, -0.05) is 64.4 Å². The van der Waals surface area contributed by atoms with Crippen molar-refractivity contribution < 1.29 is 9.53 Å². The number of ether oxygens (including phenoxy) is 1. The van der Waals surface area contributed by atoms with Crippen LogP contribution in [0.1, 0.15) is 64.7 Å². The summed E-state index contributed by atoms with van der Waals surface area (Å²) < 4.78 is 7.40. The van der Waals surface area contributed by atoms with Gasteiger partial charge in [-0.15, -0.1) is 0 Å². The summed E-state index contributed by atoms with van der Waals surface area (Å²) in [6.45, 7) is 15.0. The summed E-state index contributed by atoms with van der Waals surface area (Å²) in [7, 11) is 0. The number of halogens is 2. The first kappa shape index (κ1) is 25.6. The maximum atomic E-state index is 12.2. The van der Waals surface area contributed by atoms with Crippen molar-refractivity contribution in [2.45, 2.75) is 60.3 Å². The highest BCUT2D eigenvalue weighted by Crippen LogP contribution is 2.42. The summed E-state index contributed by atoms with van der Waals surface area (Å²) in [5.41, 5.74) is 6.86. The van der Waals surface area contributed by atoms with Gasteiger partial charge < -0.3 is 4.74 Å². The maximum Gasteiger partial charge on any atom is 0.277 e. The van der Waals surface area contributed by atoms with Gasteiger partial charge in [-0.05, 0) is 86.2 Å². The van der Waals surface area contributed by atoms with E-state index in [0.717, 1.165) is 26.6 Å². The average molecular weight is 552 g/mol. The van der Waals surface area contributed by atoms with Crippen molar-refractivity contribution in [3.05, 3.63) is 62.0 Å². The fourth-order valence-electron chi connectivity index (χ4n) is 3.69. The second-order valence-electron chi connectivity index (χ2n) is 9.78. The number of aryl methyl sites for hydroxylation is 1. The minimum atomic E-state index is -0.317. The van der Waals surface area contributed by atoms with Crippen LogP contribution in [-0.2, 0) is 10.2 Å². The van der Waals surface area contributed by atoms with Crippen LogP contribution in [0.25, 0.3) is 0 Å². The van der Waals surface area contributed by atoms with Gasteiger partial charge in [-0.2, -0.15) is 5.10 Å². The van der Waals surface area contributed by atoms with E-state index in [1.807, 2.05) is 38.1 Å². The molecule has 0 bridgehead atoms. The van der Waals surface area contributed by atoms with Crippen LogP contribution in [0.2, 0.25) is 0 Å². The van der Waals surface area contributed by atoms with Gasteiger partial charge in [-0.3, -0.25) is 4.79 Å². The number of benzene rings is 2. The maximum absolute atomic E-state index is 12.2. The molecule has 0 radical (unpaired) electrons. The molecule has 31 heavy (non-hydrogen) atoms. The van der Waals surface area contributed by atoms with E-state index in [9.17, 15) is 4.79 Å². The molecule has 1 N–H and O–H groups in total. The van der Waals surface area contributed by atoms with Crippen LogP contribution in [0.3, 0.4) is 0 Å². The largest absolute Gasteiger partial charge is 0.481 e. The summed E-state index contributed by atoms with van der Waals surface area (Å²) in [6.07, 6.45) is 1.04. The number of nitrogens with one attached hydrogen (secondary N) is 1. The van der Waals surface area contributed by atoms with Crippen LogP contribution in [-0.4, -0.2) is 18.2 Å². The normalized spacial score (nSPS) is 12.6. The first-order chi connectivity index (χ1) is 14.3. The highest BCUT2D eigenvalue weighted by atomic mass is 79.9. The fraction of sp³-hybridized carbons (Fsp3) is 0.440. The zero-order chi connectivity index (χ0) is 23.4. The summed E-state index contributed by atoms with van der Waals surface area (Å²) in [5, 5.41) is 4.18. The van der Waals surface area contributed by atoms with Gasteiger partial charge in [0.25, 0.3) is 5.91 Å². The monoisotopic (exact) mass is 550 g/mol. The van der Waals surface area contributed by atoms with Crippen LogP contribution in [0.15, 0.2) is 50.4 Å². The number of amides is 1. The van der Waals surface area contributed by atoms with Crippen molar-refractivity contribution in [2.24, 2.45) is 10.5 Å². The fourth-order valence-corrected chi connectivity index (χ4v) is 5.11. The van der Waals surface area contributed by atoms with Crippen LogP contribution in [0, 0.1) is 12.3 Å². The molecule has 0 aliphatic heterocycles. The minimum Gasteiger partial charge on any atom is -0.481 e. The van der Waals surface area contributed by atoms with Crippen molar-refractivity contribution in [1.29, 1.82) is 0 Å². The molecule has 0 aliphatic carbocycles. The molecule has 0 aliphatic rings. The van der Waals surface area contributed by atoms with Crippen molar-refractivity contribution in [1.82, 2.24) is 5.43 Å². The predicted octanol–water partition coefficient (Wildman–Crippen LogP) is 7.15. The molecule has 2 aromatic carbocycles. The van der Waals surface area contributed by atoms with Crippen molar-refractivity contribution in [2.75, 3.05) is 6.61 Å². The predicted molar refractivity (Wildman–Crippen MR) is 136 cm³/mol. The Morgan fingerprint density at radius 3 is 2.10 bits per heavy atom. The molecule has 0 atom stereocenters. The summed E-state index contributed by atoms with van der Waals surface area (Å²) in [4.78, 5) is 12.2. The molecule has 2 aromatic rings. The number of rotatable bonds is 7. The van der Waals surface area contributed by atoms with Gasteiger partial charge in [-0.25, -0.2) is 5.43 Å². The Balaban J connectivity index is 2.04. The van der Waals surface area contributed by atoms with Gasteiger partial charge in [0, 0.05) is 0 Å². The van der Waals surface area contributed by atoms with E-state index in [1.165, 1.54) is 11.1 Å². The number of hydrazone groups is 1. The molecule has 0 spiro atoms. The van der Waals surface area contributed by atoms with E-state index >= 15 is 0 Å². The van der Waals surface area contributed by atoms with E-state index in [0.29, 0.717) is 5.75 Å². The first-order valence-corrected chi connectivity index (χ1v) is 11.9. The van der Waals surface area contributed by atoms with Gasteiger partial charge in [0.1, 0.15) is 5.75 Å². The van der Waals surface area contributed by atoms with Crippen LogP contribution >= 0.6 is 31.9 Å². The molecule has 0 saturated carbocycles. The van der Waals surface area contributed by atoms with Gasteiger partial charge >= 0.3 is 0 Å². The van der Waals surface area contributed by atoms with E-state index in [2.05, 4.69) is 89.1 Å². The topological polar surface area (TPSA) is 50.7 Å². The quantitative estimate of drug-likeness (QED) is 0.293. The Bertz CT molecular complexity index is 935. The Kier molecular flexibility index (Phi) is 8.51. The molecule has 0 saturated heterocycles. The van der Waals surface area contributed by atoms with Crippen molar-refractivity contribution in [3.63, 3.8) is 0 Å². The Morgan fingerprint density at radius 2 is 1.58 bits per heavy atom. The number of carbonyl (C=O) groups excluding carboxylic acids is 1. The number of carbonyl (C=O) groups is 1. The third kappa shape index (κ3) is 7.76. The Hall–Kier alpha value is -1.66. The number of hydrogen-bond donors (Lipinski definition) is 1. The van der Waals surface area contributed by atoms with Gasteiger partial charge in [0.05, 0.1) is 14.7 Å². The lowest BCUT2D eigenvalue weighted by Gasteiger charge is -2.33. The second kappa shape index (κ2) is 10.3. The molecule has 0 fully saturated rings. The van der Waals surface area contributed by atoms with Crippen LogP contribution < -0.4 is 10.2 Å². The third-order valence-corrected chi connectivity index (χ3v) is 6.10. The molecule has 2 rings (SSSR count). The van der Waals surface area contributed by atoms with Crippen molar-refractivity contribution in [3.8, 4) is 5.75 Å². The highest BCUT2D eigenvalue weighted by molar-refractivity contribution is 9.11. The SMILES string of the molecule is C/C(=N\NC(=O)COc1c(Br)cc(C(C)(C)CC(C)(C)C)cc1Br)c1ccc(C)cc1. The molecule has 4 nitrogen and oxygen atoms in total. The Labute approximate surface area is 203 Å². The smallest absolute Gasteiger partial charge is 0.277 e. The Morgan fingerprint density at radius 1 is 1.03 bits per heavy atom. The zero-order valence-electron chi connectivity index (χ0n) is 19.4. The van der Waals surface area contributed by atoms with E-state index in [-0.39, 0.29) is 23.3 Å². The summed E-state index contributed by atoms with van der Waals surface area (Å²) in [6, 6.07) is 12.1. The van der Waals surface area contributed by atoms with Crippen molar-refractivity contribution >= 4 is 43.5 Å². The number of nitrogens with zero attached hydrogens (tertiary/aromatic N) is 1. The van der Waals surface area contributed by atoms with E-state index < -0.39 is 0 Å². The lowest BCUT2D eigenvalue weighted by Crippen LogP contribution is -2.26. The third-order valence-electron chi connectivity index (χ3n) is 4.92. The molecule has 168 valence electrons. The molecule has 1 amide bonds. The lowest BCUT2D eigenvalue weighted by molar-refractivity contribution is -0.123. The van der Waals surface area contributed by atoms with E-state index in [1.54, 1.807) is 0 Å². The average Bonchev–Trinajstić information content (AvgIpc) is 2.64. The van der Waals surface area contributed by atoms with Crippen LogP contribution in [0.5, 0.6) is 5.75 Å². The van der Waals surface area contributed by atoms with E-state index in [4.69, 9.17) is 4.74 Å². The molecular weight excluding hydrogens is 520 g/mol. The lowest BCUT2D eigenvalue weighted by atomic mass is 9.72. The highest BCUT2D eigenvalue weighted by Gasteiger charge is 2.28. The van der Waals surface area contributed by atoms with Crippen LogP contribution in [0.4, 0.5) is 0 Å². The molecule has 0 unspecified atom stereocenters. The number of hydrogen-bond acceptors (Lipinski definition) is 3. The standard InChI is InChI=1S/C25H32Br2N2O2/c1-16-8-10-18(11-9-16)17(2)28-29-22(30)14-31-23-20(26)12-19(13-21(23)27)25(6,7)15-24(3,4)5/h8-13H,14-15H2,1-7H3,(H,29,30)/b28-17+. The molecule has 0 aromatic heterocycles.